The zero-order valence-electron chi connectivity index (χ0n) is 10.1. The van der Waals surface area contributed by atoms with Crippen molar-refractivity contribution >= 4 is 5.69 Å². The molecule has 0 fully saturated rings. The molecule has 1 heterocycles. The first kappa shape index (κ1) is 11.3. The number of ether oxygens (including phenoxy) is 1. The number of anilines is 1. The van der Waals surface area contributed by atoms with E-state index in [0.717, 1.165) is 31.6 Å². The van der Waals surface area contributed by atoms with Crippen LogP contribution in [0.3, 0.4) is 0 Å². The number of fused-ring (bicyclic) bond motifs is 1. The quantitative estimate of drug-likeness (QED) is 0.841. The molecule has 88 valence electrons. The first-order valence-corrected chi connectivity index (χ1v) is 5.86. The zero-order valence-corrected chi connectivity index (χ0v) is 10.1. The summed E-state index contributed by atoms with van der Waals surface area (Å²) in [6, 6.07) is 6.84. The number of methoxy groups -OCH3 is 1. The summed E-state index contributed by atoms with van der Waals surface area (Å²) in [5.41, 5.74) is 8.22. The van der Waals surface area contributed by atoms with Gasteiger partial charge in [0.05, 0.1) is 7.11 Å². The second-order valence-electron chi connectivity index (χ2n) is 4.36. The Morgan fingerprint density at radius 3 is 3.00 bits per heavy atom. The molecule has 16 heavy (non-hydrogen) atoms. The van der Waals surface area contributed by atoms with E-state index in [1.165, 1.54) is 11.3 Å². The van der Waals surface area contributed by atoms with Crippen molar-refractivity contribution in [3.63, 3.8) is 0 Å². The van der Waals surface area contributed by atoms with Crippen molar-refractivity contribution in [3.05, 3.63) is 23.8 Å². The molecule has 1 aliphatic heterocycles. The van der Waals surface area contributed by atoms with Crippen molar-refractivity contribution in [2.45, 2.75) is 25.3 Å². The highest BCUT2D eigenvalue weighted by Gasteiger charge is 2.27. The van der Waals surface area contributed by atoms with Gasteiger partial charge in [-0.15, -0.1) is 0 Å². The molecule has 1 aromatic rings. The Kier molecular flexibility index (Phi) is 3.34. The minimum absolute atomic E-state index is 0.579. The predicted molar refractivity (Wildman–Crippen MR) is 67.2 cm³/mol. The van der Waals surface area contributed by atoms with Crippen LogP contribution in [0.5, 0.6) is 5.75 Å². The van der Waals surface area contributed by atoms with Crippen molar-refractivity contribution in [2.75, 3.05) is 25.6 Å². The normalized spacial score (nSPS) is 18.7. The first-order valence-electron chi connectivity index (χ1n) is 5.86. The van der Waals surface area contributed by atoms with Crippen molar-refractivity contribution in [1.82, 2.24) is 0 Å². The van der Waals surface area contributed by atoms with Gasteiger partial charge in [-0.2, -0.15) is 0 Å². The summed E-state index contributed by atoms with van der Waals surface area (Å²) in [7, 11) is 3.90. The molecule has 0 aromatic heterocycles. The fraction of sp³-hybridized carbons (Fsp3) is 0.538. The van der Waals surface area contributed by atoms with Crippen LogP contribution in [0.25, 0.3) is 0 Å². The molecule has 2 rings (SSSR count). The van der Waals surface area contributed by atoms with Crippen LogP contribution in [0.4, 0.5) is 5.69 Å². The van der Waals surface area contributed by atoms with Gasteiger partial charge < -0.3 is 15.4 Å². The lowest BCUT2D eigenvalue weighted by Crippen LogP contribution is -2.28. The van der Waals surface area contributed by atoms with Crippen molar-refractivity contribution < 1.29 is 4.74 Å². The highest BCUT2D eigenvalue weighted by Crippen LogP contribution is 2.38. The molecule has 1 aromatic carbocycles. The number of hydrogen-bond acceptors (Lipinski definition) is 3. The van der Waals surface area contributed by atoms with Crippen LogP contribution >= 0.6 is 0 Å². The van der Waals surface area contributed by atoms with Gasteiger partial charge in [-0.25, -0.2) is 0 Å². The maximum atomic E-state index is 5.57. The van der Waals surface area contributed by atoms with E-state index < -0.39 is 0 Å². The number of likely N-dealkylation sites (N-methyl/N-ethyl adjacent to an activating group) is 1. The maximum Gasteiger partial charge on any atom is 0.124 e. The third-order valence-electron chi connectivity index (χ3n) is 3.44. The summed E-state index contributed by atoms with van der Waals surface area (Å²) in [6.07, 6.45) is 3.33. The summed E-state index contributed by atoms with van der Waals surface area (Å²) in [5, 5.41) is 0. The number of hydrogen-bond donors (Lipinski definition) is 1. The number of nitrogens with two attached hydrogens (primary N) is 1. The minimum atomic E-state index is 0.579. The number of rotatable bonds is 4. The number of nitrogens with zero attached hydrogens (tertiary/aromatic N) is 1. The molecular weight excluding hydrogens is 200 g/mol. The molecule has 0 saturated carbocycles. The van der Waals surface area contributed by atoms with Crippen LogP contribution in [-0.4, -0.2) is 26.7 Å². The molecule has 0 spiro atoms. The van der Waals surface area contributed by atoms with Crippen LogP contribution in [0.2, 0.25) is 0 Å². The zero-order chi connectivity index (χ0) is 11.5. The summed E-state index contributed by atoms with van der Waals surface area (Å²) in [6.45, 7) is 0.776. The lowest BCUT2D eigenvalue weighted by molar-refractivity contribution is 0.410. The Hall–Kier alpha value is -1.22. The predicted octanol–water partition coefficient (Wildman–Crippen LogP) is 1.79. The van der Waals surface area contributed by atoms with E-state index in [9.17, 15) is 0 Å². The fourth-order valence-electron chi connectivity index (χ4n) is 2.50. The van der Waals surface area contributed by atoms with Crippen LogP contribution in [-0.2, 0) is 6.42 Å². The highest BCUT2D eigenvalue weighted by molar-refractivity contribution is 5.63. The standard InChI is InChI=1S/C13H20N2O/c1-15-10(5-4-8-14)9-11-12(15)6-3-7-13(11)16-2/h3,6-7,10H,4-5,8-9,14H2,1-2H3. The molecule has 2 N–H and O–H groups in total. The van der Waals surface area contributed by atoms with Crippen molar-refractivity contribution in [1.29, 1.82) is 0 Å². The van der Waals surface area contributed by atoms with Gasteiger partial charge in [-0.1, -0.05) is 6.07 Å². The van der Waals surface area contributed by atoms with Gasteiger partial charge in [0.15, 0.2) is 0 Å². The smallest absolute Gasteiger partial charge is 0.124 e. The lowest BCUT2D eigenvalue weighted by atomic mass is 10.1. The van der Waals surface area contributed by atoms with Gasteiger partial charge in [0.1, 0.15) is 5.75 Å². The molecule has 3 heteroatoms. The molecule has 0 radical (unpaired) electrons. The van der Waals surface area contributed by atoms with Gasteiger partial charge >= 0.3 is 0 Å². The van der Waals surface area contributed by atoms with Gasteiger partial charge in [-0.3, -0.25) is 0 Å². The van der Waals surface area contributed by atoms with Crippen LogP contribution < -0.4 is 15.4 Å². The van der Waals surface area contributed by atoms with E-state index in [4.69, 9.17) is 10.5 Å². The monoisotopic (exact) mass is 220 g/mol. The summed E-state index contributed by atoms with van der Waals surface area (Å²) < 4.78 is 5.41. The summed E-state index contributed by atoms with van der Waals surface area (Å²) in [5.74, 6) is 1.01. The largest absolute Gasteiger partial charge is 0.496 e. The van der Waals surface area contributed by atoms with Crippen LogP contribution in [0, 0.1) is 0 Å². The molecule has 0 amide bonds. The SMILES string of the molecule is COc1cccc2c1CC(CCCN)N2C. The Labute approximate surface area is 97.2 Å². The second kappa shape index (κ2) is 4.74. The molecule has 1 aliphatic rings. The maximum absolute atomic E-state index is 5.57. The Morgan fingerprint density at radius 2 is 2.31 bits per heavy atom. The van der Waals surface area contributed by atoms with Crippen molar-refractivity contribution in [2.24, 2.45) is 5.73 Å². The molecular formula is C13H20N2O. The van der Waals surface area contributed by atoms with Gasteiger partial charge in [0.2, 0.25) is 0 Å². The molecule has 0 saturated heterocycles. The van der Waals surface area contributed by atoms with E-state index in [1.54, 1.807) is 7.11 Å². The topological polar surface area (TPSA) is 38.5 Å². The third kappa shape index (κ3) is 1.87. The van der Waals surface area contributed by atoms with Crippen LogP contribution in [0.15, 0.2) is 18.2 Å². The highest BCUT2D eigenvalue weighted by atomic mass is 16.5. The van der Waals surface area contributed by atoms with Crippen molar-refractivity contribution in [3.8, 4) is 5.75 Å². The molecule has 0 bridgehead atoms. The minimum Gasteiger partial charge on any atom is -0.496 e. The van der Waals surface area contributed by atoms with E-state index >= 15 is 0 Å². The summed E-state index contributed by atoms with van der Waals surface area (Å²) in [4.78, 5) is 2.35. The van der Waals surface area contributed by atoms with Gasteiger partial charge in [0.25, 0.3) is 0 Å². The van der Waals surface area contributed by atoms with Crippen LogP contribution in [0.1, 0.15) is 18.4 Å². The molecule has 0 aliphatic carbocycles. The second-order valence-corrected chi connectivity index (χ2v) is 4.36. The third-order valence-corrected chi connectivity index (χ3v) is 3.44. The Bertz CT molecular complexity index is 365. The molecule has 1 unspecified atom stereocenters. The van der Waals surface area contributed by atoms with E-state index in [-0.39, 0.29) is 0 Å². The van der Waals surface area contributed by atoms with E-state index in [2.05, 4.69) is 24.1 Å². The lowest BCUT2D eigenvalue weighted by Gasteiger charge is -2.22. The Balaban J connectivity index is 2.20. The average molecular weight is 220 g/mol. The molecule has 1 atom stereocenters. The first-order chi connectivity index (χ1) is 7.77. The van der Waals surface area contributed by atoms with Gasteiger partial charge in [0, 0.05) is 24.3 Å². The molecule has 3 nitrogen and oxygen atoms in total. The van der Waals surface area contributed by atoms with E-state index in [1.807, 2.05) is 6.07 Å². The number of benzene rings is 1. The average Bonchev–Trinajstić information content (AvgIpc) is 2.64. The summed E-state index contributed by atoms with van der Waals surface area (Å²) >= 11 is 0. The Morgan fingerprint density at radius 1 is 1.50 bits per heavy atom. The fourth-order valence-corrected chi connectivity index (χ4v) is 2.50. The van der Waals surface area contributed by atoms with E-state index in [0.29, 0.717) is 6.04 Å². The van der Waals surface area contributed by atoms with Gasteiger partial charge in [-0.05, 0) is 37.9 Å².